The maximum atomic E-state index is 11.0. The quantitative estimate of drug-likeness (QED) is 0.665. The highest BCUT2D eigenvalue weighted by atomic mass is 16.6. The van der Waals surface area contributed by atoms with Crippen molar-refractivity contribution in [1.29, 1.82) is 5.26 Å². The van der Waals surface area contributed by atoms with E-state index in [9.17, 15) is 14.9 Å². The number of nitro groups is 1. The maximum absolute atomic E-state index is 11.0. The van der Waals surface area contributed by atoms with Gasteiger partial charge >= 0.3 is 0 Å². The van der Waals surface area contributed by atoms with Gasteiger partial charge in [-0.3, -0.25) is 14.9 Å². The lowest BCUT2D eigenvalue weighted by Gasteiger charge is -2.08. The van der Waals surface area contributed by atoms with Crippen molar-refractivity contribution in [3.8, 4) is 6.07 Å². The molecule has 2 N–H and O–H groups in total. The topological polar surface area (TPSA) is 108 Å². The van der Waals surface area contributed by atoms with Crippen LogP contribution in [0.25, 0.3) is 0 Å². The number of hydrogen-bond donors (Lipinski definition) is 2. The molecule has 0 aliphatic heterocycles. The molecule has 0 saturated heterocycles. The summed E-state index contributed by atoms with van der Waals surface area (Å²) in [6.07, 6.45) is 0. The number of rotatable bonds is 4. The van der Waals surface area contributed by atoms with Crippen LogP contribution in [0.3, 0.4) is 0 Å². The van der Waals surface area contributed by atoms with Crippen LogP contribution in [0.4, 0.5) is 22.7 Å². The molecule has 7 heteroatoms. The lowest BCUT2D eigenvalue weighted by Crippen LogP contribution is -2.05. The number of anilines is 3. The third-order valence-electron chi connectivity index (χ3n) is 2.81. The second-order valence-corrected chi connectivity index (χ2v) is 4.48. The van der Waals surface area contributed by atoms with Crippen LogP contribution >= 0.6 is 0 Å². The van der Waals surface area contributed by atoms with Crippen LogP contribution in [0, 0.1) is 21.4 Å². The van der Waals surface area contributed by atoms with Crippen molar-refractivity contribution >= 4 is 28.7 Å². The number of nitro benzene ring substituents is 1. The summed E-state index contributed by atoms with van der Waals surface area (Å²) in [7, 11) is 0. The smallest absolute Gasteiger partial charge is 0.292 e. The van der Waals surface area contributed by atoms with Crippen molar-refractivity contribution in [2.24, 2.45) is 0 Å². The molecule has 2 aromatic rings. The van der Waals surface area contributed by atoms with Crippen LogP contribution in [-0.4, -0.2) is 10.8 Å². The molecule has 2 aromatic carbocycles. The third-order valence-corrected chi connectivity index (χ3v) is 2.81. The molecule has 0 aliphatic carbocycles. The SMILES string of the molecule is CC(=O)Nc1ccc(Nc2cc(C#N)ccc2[N+](=O)[O-])cc1. The number of hydrogen-bond acceptors (Lipinski definition) is 5. The van der Waals surface area contributed by atoms with Gasteiger partial charge < -0.3 is 10.6 Å². The Bertz CT molecular complexity index is 763. The van der Waals surface area contributed by atoms with E-state index in [1.165, 1.54) is 25.1 Å². The first kappa shape index (κ1) is 15.0. The summed E-state index contributed by atoms with van der Waals surface area (Å²) in [6, 6.07) is 12.7. The molecule has 0 fully saturated rings. The third kappa shape index (κ3) is 3.58. The zero-order valence-corrected chi connectivity index (χ0v) is 11.7. The molecular weight excluding hydrogens is 284 g/mol. The Balaban J connectivity index is 2.28. The van der Waals surface area contributed by atoms with Crippen molar-refractivity contribution in [3.63, 3.8) is 0 Å². The second-order valence-electron chi connectivity index (χ2n) is 4.48. The van der Waals surface area contributed by atoms with Gasteiger partial charge in [0.15, 0.2) is 0 Å². The van der Waals surface area contributed by atoms with Gasteiger partial charge in [0.1, 0.15) is 5.69 Å². The Kier molecular flexibility index (Phi) is 4.34. The van der Waals surface area contributed by atoms with Crippen molar-refractivity contribution in [3.05, 3.63) is 58.1 Å². The molecule has 0 radical (unpaired) electrons. The number of nitrogens with one attached hydrogen (secondary N) is 2. The highest BCUT2D eigenvalue weighted by molar-refractivity contribution is 5.89. The molecule has 22 heavy (non-hydrogen) atoms. The minimum atomic E-state index is -0.519. The monoisotopic (exact) mass is 296 g/mol. The molecule has 0 bridgehead atoms. The predicted molar refractivity (Wildman–Crippen MR) is 81.8 cm³/mol. The molecule has 0 spiro atoms. The Labute approximate surface area is 126 Å². The number of nitrogens with zero attached hydrogens (tertiary/aromatic N) is 2. The number of amides is 1. The van der Waals surface area contributed by atoms with Crippen LogP contribution in [0.1, 0.15) is 12.5 Å². The molecule has 110 valence electrons. The van der Waals surface area contributed by atoms with E-state index in [2.05, 4.69) is 10.6 Å². The number of carbonyl (C=O) groups excluding carboxylic acids is 1. The fourth-order valence-corrected chi connectivity index (χ4v) is 1.86. The van der Waals surface area contributed by atoms with Gasteiger partial charge in [-0.1, -0.05) is 0 Å². The normalized spacial score (nSPS) is 9.64. The van der Waals surface area contributed by atoms with Gasteiger partial charge in [0.25, 0.3) is 5.69 Å². The van der Waals surface area contributed by atoms with Crippen LogP contribution in [0.2, 0.25) is 0 Å². The number of benzene rings is 2. The van der Waals surface area contributed by atoms with Crippen LogP contribution < -0.4 is 10.6 Å². The van der Waals surface area contributed by atoms with E-state index in [1.54, 1.807) is 24.3 Å². The van der Waals surface area contributed by atoms with E-state index in [0.29, 0.717) is 16.9 Å². The van der Waals surface area contributed by atoms with Crippen LogP contribution in [-0.2, 0) is 4.79 Å². The average molecular weight is 296 g/mol. The number of carbonyl (C=O) groups is 1. The summed E-state index contributed by atoms with van der Waals surface area (Å²) < 4.78 is 0. The molecule has 0 saturated carbocycles. The summed E-state index contributed by atoms with van der Waals surface area (Å²) in [4.78, 5) is 21.5. The Morgan fingerprint density at radius 1 is 1.18 bits per heavy atom. The Morgan fingerprint density at radius 2 is 1.82 bits per heavy atom. The van der Waals surface area contributed by atoms with Gasteiger partial charge in [-0.15, -0.1) is 0 Å². The number of nitriles is 1. The zero-order valence-electron chi connectivity index (χ0n) is 11.7. The molecule has 0 heterocycles. The fourth-order valence-electron chi connectivity index (χ4n) is 1.86. The van der Waals surface area contributed by atoms with Crippen molar-refractivity contribution < 1.29 is 9.72 Å². The van der Waals surface area contributed by atoms with Gasteiger partial charge in [-0.2, -0.15) is 5.26 Å². The van der Waals surface area contributed by atoms with Gasteiger partial charge in [0.05, 0.1) is 16.6 Å². The van der Waals surface area contributed by atoms with Gasteiger partial charge in [0.2, 0.25) is 5.91 Å². The van der Waals surface area contributed by atoms with E-state index in [0.717, 1.165) is 0 Å². The molecule has 0 unspecified atom stereocenters. The fraction of sp³-hybridized carbons (Fsp3) is 0.0667. The molecule has 7 nitrogen and oxygen atoms in total. The first-order valence-corrected chi connectivity index (χ1v) is 6.33. The van der Waals surface area contributed by atoms with E-state index in [1.807, 2.05) is 6.07 Å². The molecule has 0 aromatic heterocycles. The van der Waals surface area contributed by atoms with Crippen molar-refractivity contribution in [1.82, 2.24) is 0 Å². The minimum absolute atomic E-state index is 0.120. The second kappa shape index (κ2) is 6.37. The van der Waals surface area contributed by atoms with E-state index < -0.39 is 4.92 Å². The highest BCUT2D eigenvalue weighted by Crippen LogP contribution is 2.29. The standard InChI is InChI=1S/C15H12N4O3/c1-10(20)17-12-3-5-13(6-4-12)18-14-8-11(9-16)2-7-15(14)19(21)22/h2-8,18H,1H3,(H,17,20). The molecule has 0 aliphatic rings. The average Bonchev–Trinajstić information content (AvgIpc) is 2.48. The van der Waals surface area contributed by atoms with Crippen LogP contribution in [0.15, 0.2) is 42.5 Å². The largest absolute Gasteiger partial charge is 0.350 e. The summed E-state index contributed by atoms with van der Waals surface area (Å²) in [5, 5.41) is 25.4. The first-order chi connectivity index (χ1) is 10.5. The zero-order chi connectivity index (χ0) is 16.1. The lowest BCUT2D eigenvalue weighted by atomic mass is 10.1. The molecular formula is C15H12N4O3. The molecule has 2 rings (SSSR count). The van der Waals surface area contributed by atoms with E-state index >= 15 is 0 Å². The Morgan fingerprint density at radius 3 is 2.36 bits per heavy atom. The lowest BCUT2D eigenvalue weighted by molar-refractivity contribution is -0.383. The first-order valence-electron chi connectivity index (χ1n) is 6.33. The van der Waals surface area contributed by atoms with Crippen molar-refractivity contribution in [2.75, 3.05) is 10.6 Å². The molecule has 1 amide bonds. The van der Waals surface area contributed by atoms with Gasteiger partial charge in [-0.05, 0) is 36.4 Å². The maximum Gasteiger partial charge on any atom is 0.292 e. The summed E-state index contributed by atoms with van der Waals surface area (Å²) >= 11 is 0. The van der Waals surface area contributed by atoms with Gasteiger partial charge in [0, 0.05) is 24.4 Å². The highest BCUT2D eigenvalue weighted by Gasteiger charge is 2.14. The predicted octanol–water partition coefficient (Wildman–Crippen LogP) is 3.17. The summed E-state index contributed by atoms with van der Waals surface area (Å²) in [5.74, 6) is -0.182. The minimum Gasteiger partial charge on any atom is -0.350 e. The van der Waals surface area contributed by atoms with E-state index in [4.69, 9.17) is 5.26 Å². The summed E-state index contributed by atoms with van der Waals surface area (Å²) in [5.41, 5.74) is 1.66. The molecule has 0 atom stereocenters. The van der Waals surface area contributed by atoms with Crippen LogP contribution in [0.5, 0.6) is 0 Å². The van der Waals surface area contributed by atoms with Gasteiger partial charge in [-0.25, -0.2) is 0 Å². The van der Waals surface area contributed by atoms with E-state index in [-0.39, 0.29) is 17.3 Å². The summed E-state index contributed by atoms with van der Waals surface area (Å²) in [6.45, 7) is 1.41. The van der Waals surface area contributed by atoms with Crippen molar-refractivity contribution in [2.45, 2.75) is 6.92 Å². The Hall–Kier alpha value is -3.40.